The van der Waals surface area contributed by atoms with E-state index >= 15 is 0 Å². The standard InChI is InChI=1S/C30H46N4O6/c1-22(35)31-25-16-14-23(15-17-25)20-26-30(38)34(2)18-10-7-5-3-4-6-8-12-24(29(37)32-26)21-27(36)33-40-28-13-9-11-19-39-28/h14-17,24,26,28H,3-13,18-21H2,1-2H3,(H,31,35)(H,32,37)(H,33,36)/t24-,26+,28?/m1/s1. The minimum Gasteiger partial charge on any atom is -0.350 e. The Morgan fingerprint density at radius 1 is 0.975 bits per heavy atom. The SMILES string of the molecule is CC(=O)Nc1ccc(C[C@@H]2NC(=O)[C@@H](CC(=O)NOC3CCCCO3)CCCCCCCCCN(C)C2=O)cc1. The summed E-state index contributed by atoms with van der Waals surface area (Å²) >= 11 is 0. The van der Waals surface area contributed by atoms with Crippen molar-refractivity contribution in [2.24, 2.45) is 5.92 Å². The molecule has 2 aliphatic heterocycles. The number of hydrogen-bond donors (Lipinski definition) is 3. The van der Waals surface area contributed by atoms with E-state index in [1.807, 2.05) is 12.1 Å². The van der Waals surface area contributed by atoms with Crippen molar-refractivity contribution in [1.29, 1.82) is 0 Å². The molecule has 222 valence electrons. The topological polar surface area (TPSA) is 126 Å². The Balaban J connectivity index is 1.71. The van der Waals surface area contributed by atoms with Crippen LogP contribution in [0.5, 0.6) is 0 Å². The second kappa shape index (κ2) is 17.0. The molecule has 0 bridgehead atoms. The number of hydrogen-bond acceptors (Lipinski definition) is 6. The molecule has 1 unspecified atom stereocenters. The molecule has 3 rings (SSSR count). The van der Waals surface area contributed by atoms with Crippen molar-refractivity contribution < 1.29 is 28.8 Å². The first-order chi connectivity index (χ1) is 19.3. The van der Waals surface area contributed by atoms with Gasteiger partial charge in [-0.15, -0.1) is 0 Å². The first-order valence-electron chi connectivity index (χ1n) is 14.8. The molecule has 0 aromatic heterocycles. The van der Waals surface area contributed by atoms with Gasteiger partial charge < -0.3 is 20.3 Å². The fraction of sp³-hybridized carbons (Fsp3) is 0.667. The summed E-state index contributed by atoms with van der Waals surface area (Å²) in [5.41, 5.74) is 3.99. The van der Waals surface area contributed by atoms with Gasteiger partial charge in [0.25, 0.3) is 0 Å². The average Bonchev–Trinajstić information content (AvgIpc) is 2.94. The molecule has 0 saturated carbocycles. The lowest BCUT2D eigenvalue weighted by molar-refractivity contribution is -0.200. The fourth-order valence-electron chi connectivity index (χ4n) is 5.18. The van der Waals surface area contributed by atoms with Crippen molar-refractivity contribution in [2.45, 2.75) is 103 Å². The van der Waals surface area contributed by atoms with E-state index in [9.17, 15) is 19.2 Å². The van der Waals surface area contributed by atoms with Crippen molar-refractivity contribution in [1.82, 2.24) is 15.7 Å². The Labute approximate surface area is 237 Å². The largest absolute Gasteiger partial charge is 0.350 e. The van der Waals surface area contributed by atoms with Gasteiger partial charge in [-0.3, -0.25) is 19.2 Å². The van der Waals surface area contributed by atoms with Crippen molar-refractivity contribution in [3.8, 4) is 0 Å². The van der Waals surface area contributed by atoms with Crippen molar-refractivity contribution in [3.05, 3.63) is 29.8 Å². The van der Waals surface area contributed by atoms with E-state index in [-0.39, 0.29) is 30.0 Å². The molecular formula is C30H46N4O6. The summed E-state index contributed by atoms with van der Waals surface area (Å²) < 4.78 is 5.50. The predicted molar refractivity (Wildman–Crippen MR) is 152 cm³/mol. The zero-order valence-electron chi connectivity index (χ0n) is 24.0. The molecule has 0 aliphatic carbocycles. The number of ether oxygens (including phenoxy) is 1. The van der Waals surface area contributed by atoms with E-state index in [1.165, 1.54) is 6.92 Å². The zero-order valence-corrected chi connectivity index (χ0v) is 24.0. The number of likely N-dealkylation sites (N-methyl/N-ethyl adjacent to an activating group) is 1. The normalized spacial score (nSPS) is 23.9. The van der Waals surface area contributed by atoms with Crippen LogP contribution in [0.4, 0.5) is 5.69 Å². The van der Waals surface area contributed by atoms with Crippen molar-refractivity contribution in [2.75, 3.05) is 25.5 Å². The molecule has 2 fully saturated rings. The van der Waals surface area contributed by atoms with Crippen LogP contribution in [0.2, 0.25) is 0 Å². The summed E-state index contributed by atoms with van der Waals surface area (Å²) in [5, 5.41) is 5.71. The average molecular weight is 559 g/mol. The lowest BCUT2D eigenvalue weighted by atomic mass is 9.95. The van der Waals surface area contributed by atoms with Gasteiger partial charge in [-0.2, -0.15) is 0 Å². The Kier molecular flexibility index (Phi) is 13.4. The summed E-state index contributed by atoms with van der Waals surface area (Å²) in [4.78, 5) is 58.3. The molecule has 4 amide bonds. The molecule has 10 nitrogen and oxygen atoms in total. The second-order valence-electron chi connectivity index (χ2n) is 11.0. The van der Waals surface area contributed by atoms with E-state index in [4.69, 9.17) is 9.57 Å². The molecule has 1 aromatic carbocycles. The number of rotatable bonds is 7. The van der Waals surface area contributed by atoms with Crippen LogP contribution >= 0.6 is 0 Å². The van der Waals surface area contributed by atoms with Gasteiger partial charge in [0.05, 0.1) is 0 Å². The van der Waals surface area contributed by atoms with Crippen LogP contribution < -0.4 is 16.1 Å². The van der Waals surface area contributed by atoms with Crippen LogP contribution in [-0.2, 0) is 35.2 Å². The van der Waals surface area contributed by atoms with E-state index in [1.54, 1.807) is 24.1 Å². The second-order valence-corrected chi connectivity index (χ2v) is 11.0. The smallest absolute Gasteiger partial charge is 0.245 e. The Hall–Kier alpha value is -2.98. The van der Waals surface area contributed by atoms with Gasteiger partial charge in [0, 0.05) is 58.0 Å². The van der Waals surface area contributed by atoms with Gasteiger partial charge in [0.15, 0.2) is 6.29 Å². The highest BCUT2D eigenvalue weighted by atomic mass is 16.8. The van der Waals surface area contributed by atoms with E-state index in [2.05, 4.69) is 16.1 Å². The summed E-state index contributed by atoms with van der Waals surface area (Å²) in [7, 11) is 1.77. The quantitative estimate of drug-likeness (QED) is 0.437. The summed E-state index contributed by atoms with van der Waals surface area (Å²) in [6.07, 6.45) is 10.2. The zero-order chi connectivity index (χ0) is 28.7. The third-order valence-electron chi connectivity index (χ3n) is 7.50. The third kappa shape index (κ3) is 11.3. The highest BCUT2D eigenvalue weighted by Crippen LogP contribution is 2.19. The van der Waals surface area contributed by atoms with Gasteiger partial charge in [-0.25, -0.2) is 10.3 Å². The highest BCUT2D eigenvalue weighted by Gasteiger charge is 2.29. The number of anilines is 1. The van der Waals surface area contributed by atoms with Gasteiger partial charge >= 0.3 is 0 Å². The Morgan fingerprint density at radius 2 is 1.65 bits per heavy atom. The predicted octanol–water partition coefficient (Wildman–Crippen LogP) is 3.85. The van der Waals surface area contributed by atoms with Crippen LogP contribution in [0.1, 0.15) is 89.5 Å². The van der Waals surface area contributed by atoms with Crippen LogP contribution in [0, 0.1) is 5.92 Å². The number of carbonyl (C=O) groups is 4. The third-order valence-corrected chi connectivity index (χ3v) is 7.50. The molecule has 1 aromatic rings. The first-order valence-corrected chi connectivity index (χ1v) is 14.8. The molecule has 0 spiro atoms. The number of nitrogens with zero attached hydrogens (tertiary/aromatic N) is 1. The van der Waals surface area contributed by atoms with E-state index in [0.29, 0.717) is 38.1 Å². The minimum absolute atomic E-state index is 0.0271. The lowest BCUT2D eigenvalue weighted by Crippen LogP contribution is -2.50. The van der Waals surface area contributed by atoms with Crippen LogP contribution in [0.15, 0.2) is 24.3 Å². The molecular weight excluding hydrogens is 512 g/mol. The van der Waals surface area contributed by atoms with Crippen molar-refractivity contribution >= 4 is 29.3 Å². The molecule has 0 radical (unpaired) electrons. The first kappa shape index (κ1) is 31.5. The molecule has 2 aliphatic rings. The van der Waals surface area contributed by atoms with Crippen LogP contribution in [0.25, 0.3) is 0 Å². The van der Waals surface area contributed by atoms with Crippen molar-refractivity contribution in [3.63, 3.8) is 0 Å². The number of amides is 4. The molecule has 2 saturated heterocycles. The Morgan fingerprint density at radius 3 is 2.33 bits per heavy atom. The van der Waals surface area contributed by atoms with Crippen LogP contribution in [0.3, 0.4) is 0 Å². The lowest BCUT2D eigenvalue weighted by Gasteiger charge is -2.27. The van der Waals surface area contributed by atoms with E-state index < -0.39 is 18.2 Å². The number of nitrogens with one attached hydrogen (secondary N) is 3. The summed E-state index contributed by atoms with van der Waals surface area (Å²) in [5.74, 6) is -1.58. The molecule has 40 heavy (non-hydrogen) atoms. The Bertz CT molecular complexity index is 963. The number of hydroxylamine groups is 1. The van der Waals surface area contributed by atoms with E-state index in [0.717, 1.165) is 63.4 Å². The number of benzene rings is 1. The molecule has 2 heterocycles. The van der Waals surface area contributed by atoms with Gasteiger partial charge in [-0.1, -0.05) is 50.7 Å². The van der Waals surface area contributed by atoms with Gasteiger partial charge in [0.1, 0.15) is 6.04 Å². The monoisotopic (exact) mass is 558 g/mol. The fourth-order valence-corrected chi connectivity index (χ4v) is 5.18. The molecule has 3 atom stereocenters. The summed E-state index contributed by atoms with van der Waals surface area (Å²) in [6, 6.07) is 6.48. The van der Waals surface area contributed by atoms with Crippen LogP contribution in [-0.4, -0.2) is 61.1 Å². The van der Waals surface area contributed by atoms with Gasteiger partial charge in [-0.05, 0) is 43.4 Å². The maximum Gasteiger partial charge on any atom is 0.245 e. The molecule has 10 heteroatoms. The minimum atomic E-state index is -0.772. The maximum absolute atomic E-state index is 13.5. The molecule has 3 N–H and O–H groups in total. The van der Waals surface area contributed by atoms with Gasteiger partial charge in [0.2, 0.25) is 23.6 Å². The summed E-state index contributed by atoms with van der Waals surface area (Å²) in [6.45, 7) is 2.67. The highest BCUT2D eigenvalue weighted by molar-refractivity contribution is 5.91. The maximum atomic E-state index is 13.5. The number of carbonyl (C=O) groups excluding carboxylic acids is 4.